The normalized spacial score (nSPS) is 16.6. The molecule has 0 atom stereocenters. The van der Waals surface area contributed by atoms with Crippen LogP contribution in [0, 0.1) is 17.5 Å². The molecule has 2 saturated heterocycles. The highest BCUT2D eigenvalue weighted by Crippen LogP contribution is 2.38. The van der Waals surface area contributed by atoms with Crippen LogP contribution in [0.1, 0.15) is 0 Å². The summed E-state index contributed by atoms with van der Waals surface area (Å²) < 4.78 is 55.7. The van der Waals surface area contributed by atoms with E-state index in [0.29, 0.717) is 49.4 Å². The summed E-state index contributed by atoms with van der Waals surface area (Å²) in [6, 6.07) is 7.10. The van der Waals surface area contributed by atoms with Crippen LogP contribution in [0.5, 0.6) is 6.01 Å². The van der Waals surface area contributed by atoms with E-state index >= 15 is 4.39 Å². The predicted octanol–water partition coefficient (Wildman–Crippen LogP) is 3.87. The number of piperazine rings is 1. The largest absolute Gasteiger partial charge is 0.467 e. The number of hydrogen-bond acceptors (Lipinski definition) is 7. The van der Waals surface area contributed by atoms with Crippen molar-refractivity contribution in [2.45, 2.75) is 5.54 Å². The maximum atomic E-state index is 16.1. The molecule has 0 saturated carbocycles. The minimum Gasteiger partial charge on any atom is -0.467 e. The molecule has 0 bridgehead atoms. The molecule has 2 aromatic carbocycles. The van der Waals surface area contributed by atoms with Crippen molar-refractivity contribution in [3.05, 3.63) is 66.6 Å². The zero-order valence-electron chi connectivity index (χ0n) is 20.4. The lowest BCUT2D eigenvalue weighted by atomic mass is 9.91. The summed E-state index contributed by atoms with van der Waals surface area (Å²) in [5.41, 5.74) is -0.719. The van der Waals surface area contributed by atoms with E-state index in [1.54, 1.807) is 17.0 Å². The van der Waals surface area contributed by atoms with Crippen LogP contribution in [0.3, 0.4) is 0 Å². The van der Waals surface area contributed by atoms with Crippen LogP contribution in [-0.2, 0) is 9.53 Å². The number of anilines is 1. The highest BCUT2D eigenvalue weighted by Gasteiger charge is 2.50. The number of aromatic nitrogens is 3. The van der Waals surface area contributed by atoms with Crippen molar-refractivity contribution in [1.82, 2.24) is 19.9 Å². The molecule has 0 unspecified atom stereocenters. The smallest absolute Gasteiger partial charge is 0.318 e. The van der Waals surface area contributed by atoms with Crippen molar-refractivity contribution >= 4 is 33.4 Å². The Hall–Kier alpha value is -4.25. The number of amides is 1. The van der Waals surface area contributed by atoms with Gasteiger partial charge in [0.05, 0.1) is 25.7 Å². The van der Waals surface area contributed by atoms with Crippen LogP contribution in [-0.4, -0.2) is 71.3 Å². The van der Waals surface area contributed by atoms with Crippen molar-refractivity contribution in [3.63, 3.8) is 0 Å². The van der Waals surface area contributed by atoms with E-state index in [0.717, 1.165) is 6.07 Å². The van der Waals surface area contributed by atoms with Gasteiger partial charge in [0.1, 0.15) is 22.6 Å². The number of fused-ring (bicyclic) bond motifs is 2. The van der Waals surface area contributed by atoms with E-state index in [2.05, 4.69) is 21.5 Å². The van der Waals surface area contributed by atoms with Crippen LogP contribution in [0.25, 0.3) is 32.9 Å². The van der Waals surface area contributed by atoms with E-state index in [1.165, 1.54) is 31.5 Å². The first-order valence-electron chi connectivity index (χ1n) is 11.9. The molecule has 2 aliphatic heterocycles. The molecule has 194 valence electrons. The Morgan fingerprint density at radius 2 is 1.95 bits per heavy atom. The molecule has 0 aliphatic carbocycles. The van der Waals surface area contributed by atoms with Crippen LogP contribution in [0.15, 0.2) is 49.2 Å². The van der Waals surface area contributed by atoms with E-state index < -0.39 is 23.0 Å². The van der Waals surface area contributed by atoms with Gasteiger partial charge in [0.2, 0.25) is 5.91 Å². The number of carbonyl (C=O) groups is 1. The van der Waals surface area contributed by atoms with E-state index in [-0.39, 0.29) is 34.1 Å². The van der Waals surface area contributed by atoms with Gasteiger partial charge >= 0.3 is 6.01 Å². The molecule has 38 heavy (non-hydrogen) atoms. The quantitative estimate of drug-likeness (QED) is 0.377. The molecule has 0 radical (unpaired) electrons. The molecule has 4 heterocycles. The van der Waals surface area contributed by atoms with Crippen LogP contribution in [0.4, 0.5) is 19.0 Å². The number of pyridine rings is 1. The topological polar surface area (TPSA) is 80.7 Å². The average molecular weight is 521 g/mol. The highest BCUT2D eigenvalue weighted by atomic mass is 19.2. The maximum absolute atomic E-state index is 16.1. The molecule has 8 nitrogen and oxygen atoms in total. The fourth-order valence-electron chi connectivity index (χ4n) is 5.25. The lowest BCUT2D eigenvalue weighted by Gasteiger charge is -2.55. The second kappa shape index (κ2) is 8.95. The summed E-state index contributed by atoms with van der Waals surface area (Å²) in [4.78, 5) is 29.2. The number of nitrogens with zero attached hydrogens (tertiary/aromatic N) is 5. The van der Waals surface area contributed by atoms with E-state index in [1.807, 2.05) is 4.90 Å². The molecule has 0 N–H and O–H groups in total. The number of hydrogen-bond donors (Lipinski definition) is 0. The summed E-state index contributed by atoms with van der Waals surface area (Å²) in [6.45, 7) is 5.48. The zero-order chi connectivity index (χ0) is 26.6. The molecule has 11 heteroatoms. The standard InChI is InChI=1S/C27H22F3N5O3/c1-3-19(36)35-10-9-34(12-27(35)13-38-14-27)25-17-11-31-23(22(30)24(17)32-26(33-25)37-2)16-6-4-5-15-7-8-18(28)21(29)20(15)16/h3-8,11H,1,9-10,12-14H2,2H3. The Bertz CT molecular complexity index is 1630. The molecule has 1 amide bonds. The van der Waals surface area contributed by atoms with Crippen LogP contribution >= 0.6 is 0 Å². The third kappa shape index (κ3) is 3.57. The second-order valence-corrected chi connectivity index (χ2v) is 9.31. The van der Waals surface area contributed by atoms with Gasteiger partial charge in [-0.25, -0.2) is 13.2 Å². The summed E-state index contributed by atoms with van der Waals surface area (Å²) in [7, 11) is 1.37. The number of ether oxygens (including phenoxy) is 2. The Labute approximate surface area is 215 Å². The van der Waals surface area contributed by atoms with Gasteiger partial charge in [-0.05, 0) is 17.5 Å². The molecule has 2 fully saturated rings. The fraction of sp³-hybridized carbons (Fsp3) is 0.259. The SMILES string of the molecule is C=CC(=O)N1CCN(c2nc(OC)nc3c(F)c(-c4cccc5ccc(F)c(F)c45)ncc23)CC12COC2. The second-order valence-electron chi connectivity index (χ2n) is 9.31. The third-order valence-electron chi connectivity index (χ3n) is 7.15. The molecular weight excluding hydrogens is 499 g/mol. The van der Waals surface area contributed by atoms with Crippen molar-refractivity contribution in [3.8, 4) is 17.3 Å². The Balaban J connectivity index is 1.49. The van der Waals surface area contributed by atoms with Crippen molar-refractivity contribution in [1.29, 1.82) is 0 Å². The molecule has 1 spiro atoms. The minimum absolute atomic E-state index is 0.0674. The Kier molecular flexibility index (Phi) is 5.68. The van der Waals surface area contributed by atoms with Gasteiger partial charge < -0.3 is 19.3 Å². The Morgan fingerprint density at radius 1 is 1.13 bits per heavy atom. The highest BCUT2D eigenvalue weighted by molar-refractivity contribution is 5.99. The van der Waals surface area contributed by atoms with Gasteiger partial charge in [-0.3, -0.25) is 9.78 Å². The number of methoxy groups -OCH3 is 1. The molecular formula is C27H22F3N5O3. The van der Waals surface area contributed by atoms with Crippen molar-refractivity contribution in [2.24, 2.45) is 0 Å². The summed E-state index contributed by atoms with van der Waals surface area (Å²) in [6.07, 6.45) is 2.70. The number of halogens is 3. The average Bonchev–Trinajstić information content (AvgIpc) is 2.93. The number of benzene rings is 2. The number of carbonyl (C=O) groups excluding carboxylic acids is 1. The minimum atomic E-state index is -1.08. The van der Waals surface area contributed by atoms with Crippen molar-refractivity contribution in [2.75, 3.05) is 44.9 Å². The number of rotatable bonds is 4. The monoisotopic (exact) mass is 521 g/mol. The summed E-state index contributed by atoms with van der Waals surface area (Å²) in [5.74, 6) is -2.74. The lowest BCUT2D eigenvalue weighted by Crippen LogP contribution is -2.72. The van der Waals surface area contributed by atoms with Gasteiger partial charge in [-0.2, -0.15) is 9.97 Å². The maximum Gasteiger partial charge on any atom is 0.318 e. The van der Waals surface area contributed by atoms with E-state index in [4.69, 9.17) is 9.47 Å². The first kappa shape index (κ1) is 24.1. The van der Waals surface area contributed by atoms with E-state index in [9.17, 15) is 13.6 Å². The third-order valence-corrected chi connectivity index (χ3v) is 7.15. The zero-order valence-corrected chi connectivity index (χ0v) is 20.4. The first-order valence-corrected chi connectivity index (χ1v) is 11.9. The summed E-state index contributed by atoms with van der Waals surface area (Å²) in [5, 5.41) is 0.649. The molecule has 4 aromatic rings. The van der Waals surface area contributed by atoms with Gasteiger partial charge in [0, 0.05) is 36.8 Å². The van der Waals surface area contributed by atoms with Crippen LogP contribution < -0.4 is 9.64 Å². The molecule has 6 rings (SSSR count). The van der Waals surface area contributed by atoms with Gasteiger partial charge in [0.15, 0.2) is 17.5 Å². The van der Waals surface area contributed by atoms with Gasteiger partial charge in [0.25, 0.3) is 0 Å². The summed E-state index contributed by atoms with van der Waals surface area (Å²) >= 11 is 0. The van der Waals surface area contributed by atoms with Crippen molar-refractivity contribution < 1.29 is 27.4 Å². The van der Waals surface area contributed by atoms with Gasteiger partial charge in [-0.15, -0.1) is 0 Å². The predicted molar refractivity (Wildman–Crippen MR) is 134 cm³/mol. The van der Waals surface area contributed by atoms with Crippen LogP contribution in [0.2, 0.25) is 0 Å². The molecule has 2 aliphatic rings. The molecule has 2 aromatic heterocycles. The van der Waals surface area contributed by atoms with Gasteiger partial charge in [-0.1, -0.05) is 30.8 Å². The Morgan fingerprint density at radius 3 is 2.66 bits per heavy atom. The fourth-order valence-corrected chi connectivity index (χ4v) is 5.25. The lowest BCUT2D eigenvalue weighted by molar-refractivity contribution is -0.164. The first-order chi connectivity index (χ1) is 18.4.